The largest absolute Gasteiger partial charge is 0.497 e. The third kappa shape index (κ3) is 4.26. The van der Waals surface area contributed by atoms with Gasteiger partial charge in [0.05, 0.1) is 25.6 Å². The van der Waals surface area contributed by atoms with E-state index in [0.29, 0.717) is 19.4 Å². The van der Waals surface area contributed by atoms with Crippen LogP contribution >= 0.6 is 0 Å². The number of ether oxygens (including phenoxy) is 1. The number of benzene rings is 1. The first-order chi connectivity index (χ1) is 14.2. The summed E-state index contributed by atoms with van der Waals surface area (Å²) in [4.78, 5) is 31.7. The second-order valence-corrected chi connectivity index (χ2v) is 7.87. The molecule has 3 heterocycles. The van der Waals surface area contributed by atoms with Gasteiger partial charge in [-0.15, -0.1) is 0 Å². The molecule has 0 radical (unpaired) electrons. The van der Waals surface area contributed by atoms with Gasteiger partial charge in [0.1, 0.15) is 5.75 Å². The molecule has 0 aliphatic carbocycles. The Morgan fingerprint density at radius 3 is 2.97 bits per heavy atom. The van der Waals surface area contributed by atoms with Gasteiger partial charge >= 0.3 is 0 Å². The van der Waals surface area contributed by atoms with Crippen LogP contribution in [0.5, 0.6) is 5.75 Å². The van der Waals surface area contributed by atoms with Crippen molar-refractivity contribution in [2.75, 3.05) is 13.7 Å². The summed E-state index contributed by atoms with van der Waals surface area (Å²) in [7, 11) is 1.65. The zero-order chi connectivity index (χ0) is 20.2. The molecule has 2 aliphatic heterocycles. The number of hydrogen-bond acceptors (Lipinski definition) is 4. The molecular weight excluding hydrogens is 366 g/mol. The van der Waals surface area contributed by atoms with Crippen molar-refractivity contribution < 1.29 is 14.3 Å². The molecule has 0 saturated carbocycles. The molecule has 2 fully saturated rings. The van der Waals surface area contributed by atoms with E-state index in [1.165, 1.54) is 0 Å². The first-order valence-corrected chi connectivity index (χ1v) is 10.3. The fourth-order valence-corrected chi connectivity index (χ4v) is 4.60. The van der Waals surface area contributed by atoms with Crippen LogP contribution < -0.4 is 10.1 Å². The van der Waals surface area contributed by atoms with Crippen molar-refractivity contribution >= 4 is 11.8 Å². The number of nitrogens with one attached hydrogen (secondary N) is 1. The van der Waals surface area contributed by atoms with Crippen LogP contribution in [0.25, 0.3) is 0 Å². The lowest BCUT2D eigenvalue weighted by Crippen LogP contribution is -2.49. The normalized spacial score (nSPS) is 24.2. The van der Waals surface area contributed by atoms with E-state index in [2.05, 4.69) is 16.4 Å². The number of carbonyl (C=O) groups excluding carboxylic acids is 2. The number of hydrogen-bond donors (Lipinski definition) is 1. The molecule has 4 rings (SSSR count). The fourth-order valence-electron chi connectivity index (χ4n) is 4.60. The second-order valence-electron chi connectivity index (χ2n) is 7.87. The third-order valence-corrected chi connectivity index (χ3v) is 6.04. The Balaban J connectivity index is 1.63. The minimum absolute atomic E-state index is 0.0135. The number of rotatable bonds is 4. The minimum Gasteiger partial charge on any atom is -0.497 e. The molecule has 152 valence electrons. The van der Waals surface area contributed by atoms with Crippen molar-refractivity contribution in [2.24, 2.45) is 0 Å². The van der Waals surface area contributed by atoms with Crippen molar-refractivity contribution in [3.63, 3.8) is 0 Å². The highest BCUT2D eigenvalue weighted by Gasteiger charge is 2.45. The molecule has 2 aliphatic rings. The van der Waals surface area contributed by atoms with Crippen LogP contribution in [0.15, 0.2) is 48.8 Å². The summed E-state index contributed by atoms with van der Waals surface area (Å²) >= 11 is 0. The van der Waals surface area contributed by atoms with E-state index in [1.54, 1.807) is 19.5 Å². The van der Waals surface area contributed by atoms with Gasteiger partial charge in [-0.1, -0.05) is 24.6 Å². The Morgan fingerprint density at radius 2 is 2.17 bits per heavy atom. The lowest BCUT2D eigenvalue weighted by Gasteiger charge is -2.31. The van der Waals surface area contributed by atoms with Crippen molar-refractivity contribution in [2.45, 2.75) is 50.1 Å². The van der Waals surface area contributed by atoms with Crippen LogP contribution in [0.3, 0.4) is 0 Å². The van der Waals surface area contributed by atoms with Crippen molar-refractivity contribution in [3.05, 3.63) is 59.9 Å². The van der Waals surface area contributed by atoms with E-state index >= 15 is 0 Å². The third-order valence-electron chi connectivity index (χ3n) is 6.04. The van der Waals surface area contributed by atoms with E-state index < -0.39 is 0 Å². The van der Waals surface area contributed by atoms with Gasteiger partial charge in [-0.05, 0) is 42.2 Å². The van der Waals surface area contributed by atoms with Crippen molar-refractivity contribution in [1.82, 2.24) is 15.2 Å². The average molecular weight is 393 g/mol. The number of aromatic nitrogens is 1. The molecular formula is C23H27N3O3. The maximum absolute atomic E-state index is 13.2. The number of pyridine rings is 1. The van der Waals surface area contributed by atoms with Crippen LogP contribution in [-0.4, -0.2) is 47.4 Å². The molecule has 0 spiro atoms. The highest BCUT2D eigenvalue weighted by atomic mass is 16.5. The molecule has 2 amide bonds. The lowest BCUT2D eigenvalue weighted by atomic mass is 9.88. The summed E-state index contributed by atoms with van der Waals surface area (Å²) in [5, 5.41) is 3.23. The highest BCUT2D eigenvalue weighted by Crippen LogP contribution is 2.37. The maximum atomic E-state index is 13.2. The SMILES string of the molecule is COc1cccc([C@@H]2CN(C(=O)Cc3cccnc3)[C@@H]3CCCCC(=O)N[C@H]32)c1. The van der Waals surface area contributed by atoms with Crippen LogP contribution in [0.4, 0.5) is 0 Å². The Hall–Kier alpha value is -2.89. The minimum atomic E-state index is -0.0762. The Morgan fingerprint density at radius 1 is 1.28 bits per heavy atom. The number of carbonyl (C=O) groups is 2. The predicted octanol–water partition coefficient (Wildman–Crippen LogP) is 2.69. The Labute approximate surface area is 171 Å². The summed E-state index contributed by atoms with van der Waals surface area (Å²) in [6.07, 6.45) is 7.06. The van der Waals surface area contributed by atoms with E-state index in [0.717, 1.165) is 36.1 Å². The molecule has 6 nitrogen and oxygen atoms in total. The Kier molecular flexibility index (Phi) is 5.79. The van der Waals surface area contributed by atoms with E-state index in [1.807, 2.05) is 35.2 Å². The summed E-state index contributed by atoms with van der Waals surface area (Å²) < 4.78 is 5.39. The lowest BCUT2D eigenvalue weighted by molar-refractivity contribution is -0.132. The van der Waals surface area contributed by atoms with Crippen molar-refractivity contribution in [1.29, 1.82) is 0 Å². The van der Waals surface area contributed by atoms with Crippen LogP contribution in [0.2, 0.25) is 0 Å². The van der Waals surface area contributed by atoms with Gasteiger partial charge in [0.15, 0.2) is 0 Å². The van der Waals surface area contributed by atoms with Gasteiger partial charge in [-0.2, -0.15) is 0 Å². The van der Waals surface area contributed by atoms with Crippen LogP contribution in [0.1, 0.15) is 42.7 Å². The van der Waals surface area contributed by atoms with Gasteiger partial charge < -0.3 is 15.0 Å². The molecule has 0 bridgehead atoms. The monoisotopic (exact) mass is 393 g/mol. The second kappa shape index (κ2) is 8.64. The first-order valence-electron chi connectivity index (χ1n) is 10.3. The molecule has 3 atom stereocenters. The number of amides is 2. The standard InChI is InChI=1S/C23H27N3O3/c1-29-18-8-4-7-17(13-18)19-15-26(22(28)12-16-6-5-11-24-14-16)20-9-2-3-10-21(27)25-23(19)20/h4-8,11,13-14,19-20,23H,2-3,9-10,12,15H2,1H3,(H,25,27)/t19-,20+,23-/m0/s1. The fraction of sp³-hybridized carbons (Fsp3) is 0.435. The van der Waals surface area contributed by atoms with Crippen molar-refractivity contribution in [3.8, 4) is 5.75 Å². The Bertz CT molecular complexity index is 871. The first kappa shape index (κ1) is 19.4. The van der Waals surface area contributed by atoms with Gasteiger partial charge in [0.2, 0.25) is 11.8 Å². The van der Waals surface area contributed by atoms with Gasteiger partial charge in [0, 0.05) is 31.3 Å². The zero-order valence-corrected chi connectivity index (χ0v) is 16.7. The summed E-state index contributed by atoms with van der Waals surface area (Å²) in [5.74, 6) is 1.01. The topological polar surface area (TPSA) is 71.5 Å². The molecule has 2 saturated heterocycles. The molecule has 1 aromatic heterocycles. The van der Waals surface area contributed by atoms with Crippen LogP contribution in [0, 0.1) is 0 Å². The van der Waals surface area contributed by atoms with E-state index in [4.69, 9.17) is 4.74 Å². The number of methoxy groups -OCH3 is 1. The van der Waals surface area contributed by atoms with Crippen LogP contribution in [-0.2, 0) is 16.0 Å². The van der Waals surface area contributed by atoms with Gasteiger partial charge in [-0.25, -0.2) is 0 Å². The van der Waals surface area contributed by atoms with Gasteiger partial charge in [0.25, 0.3) is 0 Å². The van der Waals surface area contributed by atoms with E-state index in [-0.39, 0.29) is 29.8 Å². The molecule has 1 aromatic carbocycles. The quantitative estimate of drug-likeness (QED) is 0.867. The summed E-state index contributed by atoms with van der Waals surface area (Å²) in [5.41, 5.74) is 2.01. The molecule has 1 N–H and O–H groups in total. The molecule has 29 heavy (non-hydrogen) atoms. The number of nitrogens with zero attached hydrogens (tertiary/aromatic N) is 2. The van der Waals surface area contributed by atoms with Gasteiger partial charge in [-0.3, -0.25) is 14.6 Å². The molecule has 2 aromatic rings. The highest BCUT2D eigenvalue weighted by molar-refractivity contribution is 5.81. The maximum Gasteiger partial charge on any atom is 0.227 e. The molecule has 0 unspecified atom stereocenters. The molecule has 6 heteroatoms. The predicted molar refractivity (Wildman–Crippen MR) is 110 cm³/mol. The number of likely N-dealkylation sites (tertiary alicyclic amines) is 1. The number of fused-ring (bicyclic) bond motifs is 1. The average Bonchev–Trinajstić information content (AvgIpc) is 3.08. The zero-order valence-electron chi connectivity index (χ0n) is 16.7. The summed E-state index contributed by atoms with van der Waals surface area (Å²) in [6, 6.07) is 11.7. The smallest absolute Gasteiger partial charge is 0.227 e. The van der Waals surface area contributed by atoms with E-state index in [9.17, 15) is 9.59 Å². The summed E-state index contributed by atoms with van der Waals surface area (Å²) in [6.45, 7) is 0.599.